The van der Waals surface area contributed by atoms with Crippen LogP contribution in [0.15, 0.2) is 0 Å². The molecular weight excluding hydrogens is 168 g/mol. The van der Waals surface area contributed by atoms with Gasteiger partial charge in [-0.3, -0.25) is 0 Å². The lowest BCUT2D eigenvalue weighted by Crippen LogP contribution is -2.67. The minimum Gasteiger partial charge on any atom is -0.396 e. The van der Waals surface area contributed by atoms with Crippen molar-refractivity contribution in [1.82, 2.24) is 0 Å². The van der Waals surface area contributed by atoms with Gasteiger partial charge in [-0.15, -0.1) is 0 Å². The molecule has 0 bridgehead atoms. The maximum atomic E-state index is 9.45. The fraction of sp³-hybridized carbons (Fsp3) is 1.00. The van der Waals surface area contributed by atoms with E-state index in [9.17, 15) is 5.11 Å². The lowest BCUT2D eigenvalue weighted by molar-refractivity contribution is -0.295. The molecule has 0 radical (unpaired) electrons. The summed E-state index contributed by atoms with van der Waals surface area (Å²) < 4.78 is 10.6. The smallest absolute Gasteiger partial charge is 0.0574 e. The van der Waals surface area contributed by atoms with Crippen molar-refractivity contribution in [3.8, 4) is 0 Å². The molecule has 0 aromatic heterocycles. The van der Waals surface area contributed by atoms with E-state index in [1.807, 2.05) is 0 Å². The summed E-state index contributed by atoms with van der Waals surface area (Å²) in [6.45, 7) is 7.62. The molecule has 0 aromatic rings. The van der Waals surface area contributed by atoms with Crippen molar-refractivity contribution in [1.29, 1.82) is 0 Å². The summed E-state index contributed by atoms with van der Waals surface area (Å²) in [5.74, 6) is 0.553. The Bertz CT molecular complexity index is 187. The second-order valence-electron chi connectivity index (χ2n) is 4.73. The molecule has 2 aliphatic rings. The molecule has 2 heterocycles. The summed E-state index contributed by atoms with van der Waals surface area (Å²) in [6.07, 6.45) is 0. The van der Waals surface area contributed by atoms with Crippen LogP contribution in [0.25, 0.3) is 0 Å². The number of hydrogen-bond acceptors (Lipinski definition) is 3. The molecule has 0 saturated carbocycles. The highest BCUT2D eigenvalue weighted by molar-refractivity contribution is 5.06. The van der Waals surface area contributed by atoms with Crippen molar-refractivity contribution in [3.63, 3.8) is 0 Å². The van der Waals surface area contributed by atoms with Crippen molar-refractivity contribution in [2.45, 2.75) is 13.8 Å². The summed E-state index contributed by atoms with van der Waals surface area (Å²) in [7, 11) is 0. The zero-order valence-corrected chi connectivity index (χ0v) is 8.38. The molecule has 3 heteroatoms. The van der Waals surface area contributed by atoms with Gasteiger partial charge in [0.15, 0.2) is 0 Å². The summed E-state index contributed by atoms with van der Waals surface area (Å²) >= 11 is 0. The van der Waals surface area contributed by atoms with Crippen LogP contribution >= 0.6 is 0 Å². The van der Waals surface area contributed by atoms with Gasteiger partial charge in [0.05, 0.1) is 38.4 Å². The third-order valence-electron chi connectivity index (χ3n) is 3.94. The number of rotatable bonds is 3. The van der Waals surface area contributed by atoms with Gasteiger partial charge in [-0.25, -0.2) is 0 Å². The lowest BCUT2D eigenvalue weighted by atomic mass is 9.56. The summed E-state index contributed by atoms with van der Waals surface area (Å²) in [5.41, 5.74) is 0.152. The van der Waals surface area contributed by atoms with Gasteiger partial charge in [0, 0.05) is 5.41 Å². The van der Waals surface area contributed by atoms with E-state index in [0.29, 0.717) is 19.1 Å². The van der Waals surface area contributed by atoms with Gasteiger partial charge in [0.1, 0.15) is 0 Å². The highest BCUT2D eigenvalue weighted by Crippen LogP contribution is 2.54. The van der Waals surface area contributed by atoms with E-state index in [2.05, 4.69) is 13.8 Å². The van der Waals surface area contributed by atoms with Crippen molar-refractivity contribution in [3.05, 3.63) is 0 Å². The first-order chi connectivity index (χ1) is 6.17. The van der Waals surface area contributed by atoms with E-state index in [1.165, 1.54) is 0 Å². The summed E-state index contributed by atoms with van der Waals surface area (Å²) in [6, 6.07) is 0. The monoisotopic (exact) mass is 186 g/mol. The molecule has 0 spiro atoms. The van der Waals surface area contributed by atoms with Crippen LogP contribution < -0.4 is 0 Å². The van der Waals surface area contributed by atoms with Gasteiger partial charge in [0.2, 0.25) is 0 Å². The van der Waals surface area contributed by atoms with E-state index in [-0.39, 0.29) is 17.4 Å². The summed E-state index contributed by atoms with van der Waals surface area (Å²) in [5, 5.41) is 9.45. The van der Waals surface area contributed by atoms with Crippen molar-refractivity contribution in [2.75, 3.05) is 33.0 Å². The van der Waals surface area contributed by atoms with E-state index in [0.717, 1.165) is 13.2 Å². The molecule has 1 N–H and O–H groups in total. The third-order valence-corrected chi connectivity index (χ3v) is 3.94. The predicted molar refractivity (Wildman–Crippen MR) is 48.4 cm³/mol. The van der Waals surface area contributed by atoms with E-state index < -0.39 is 0 Å². The van der Waals surface area contributed by atoms with Crippen LogP contribution in [-0.2, 0) is 9.47 Å². The Morgan fingerprint density at radius 2 is 1.69 bits per heavy atom. The fourth-order valence-electron chi connectivity index (χ4n) is 2.46. The maximum Gasteiger partial charge on any atom is 0.0574 e. The minimum atomic E-state index is -0.0145. The molecule has 2 fully saturated rings. The van der Waals surface area contributed by atoms with E-state index >= 15 is 0 Å². The molecule has 0 aromatic carbocycles. The number of hydrogen-bond donors (Lipinski definition) is 1. The normalized spacial score (nSPS) is 29.5. The first-order valence-electron chi connectivity index (χ1n) is 4.93. The first-order valence-corrected chi connectivity index (χ1v) is 4.93. The second-order valence-corrected chi connectivity index (χ2v) is 4.73. The van der Waals surface area contributed by atoms with Crippen molar-refractivity contribution >= 4 is 0 Å². The highest BCUT2D eigenvalue weighted by Gasteiger charge is 2.61. The molecule has 0 aliphatic carbocycles. The van der Waals surface area contributed by atoms with E-state index in [4.69, 9.17) is 9.47 Å². The Morgan fingerprint density at radius 1 is 1.15 bits per heavy atom. The zero-order valence-electron chi connectivity index (χ0n) is 8.38. The average molecular weight is 186 g/mol. The highest BCUT2D eigenvalue weighted by atomic mass is 16.5. The van der Waals surface area contributed by atoms with Crippen molar-refractivity contribution in [2.24, 2.45) is 16.7 Å². The van der Waals surface area contributed by atoms with E-state index in [1.54, 1.807) is 0 Å². The standard InChI is InChI=1S/C10H18O3/c1-8(2)10(6-13-7-10)9(3-11)4-12-5-9/h8,11H,3-7H2,1-2H3. The summed E-state index contributed by atoms with van der Waals surface area (Å²) in [4.78, 5) is 0. The largest absolute Gasteiger partial charge is 0.396 e. The van der Waals surface area contributed by atoms with Crippen LogP contribution in [0.4, 0.5) is 0 Å². The maximum absolute atomic E-state index is 9.45. The van der Waals surface area contributed by atoms with Crippen LogP contribution in [0, 0.1) is 16.7 Å². The molecule has 0 atom stereocenters. The first kappa shape index (κ1) is 9.44. The van der Waals surface area contributed by atoms with Gasteiger partial charge < -0.3 is 14.6 Å². The van der Waals surface area contributed by atoms with Gasteiger partial charge in [-0.2, -0.15) is 0 Å². The van der Waals surface area contributed by atoms with Gasteiger partial charge in [-0.05, 0) is 5.92 Å². The molecule has 3 nitrogen and oxygen atoms in total. The second kappa shape index (κ2) is 2.94. The van der Waals surface area contributed by atoms with Crippen LogP contribution in [0.2, 0.25) is 0 Å². The SMILES string of the molecule is CC(C)C1(C2(CO)COC2)COC1. The van der Waals surface area contributed by atoms with Crippen molar-refractivity contribution < 1.29 is 14.6 Å². The van der Waals surface area contributed by atoms with Gasteiger partial charge in [0.25, 0.3) is 0 Å². The van der Waals surface area contributed by atoms with Crippen LogP contribution in [0.5, 0.6) is 0 Å². The fourth-order valence-corrected chi connectivity index (χ4v) is 2.46. The van der Waals surface area contributed by atoms with Gasteiger partial charge in [-0.1, -0.05) is 13.8 Å². The van der Waals surface area contributed by atoms with Crippen LogP contribution in [0.1, 0.15) is 13.8 Å². The predicted octanol–water partition coefficient (Wildman–Crippen LogP) is 0.668. The molecule has 2 saturated heterocycles. The molecular formula is C10H18O3. The molecule has 0 unspecified atom stereocenters. The quantitative estimate of drug-likeness (QED) is 0.704. The molecule has 76 valence electrons. The van der Waals surface area contributed by atoms with Gasteiger partial charge >= 0.3 is 0 Å². The molecule has 13 heavy (non-hydrogen) atoms. The molecule has 2 rings (SSSR count). The Balaban J connectivity index is 2.19. The number of ether oxygens (including phenoxy) is 2. The van der Waals surface area contributed by atoms with Crippen LogP contribution in [0.3, 0.4) is 0 Å². The lowest BCUT2D eigenvalue weighted by Gasteiger charge is -2.60. The Hall–Kier alpha value is -0.120. The zero-order chi connectivity index (χ0) is 9.53. The number of aliphatic hydroxyl groups excluding tert-OH is 1. The Kier molecular flexibility index (Phi) is 2.13. The minimum absolute atomic E-state index is 0.0145. The topological polar surface area (TPSA) is 38.7 Å². The molecule has 0 amide bonds. The Labute approximate surface area is 79.0 Å². The molecule has 2 aliphatic heterocycles. The van der Waals surface area contributed by atoms with Crippen LogP contribution in [-0.4, -0.2) is 38.1 Å². The Morgan fingerprint density at radius 3 is 1.77 bits per heavy atom. The third kappa shape index (κ3) is 1.01. The number of aliphatic hydroxyl groups is 1. The average Bonchev–Trinajstić information content (AvgIpc) is 1.91.